The lowest BCUT2D eigenvalue weighted by Gasteiger charge is -1.92. The highest BCUT2D eigenvalue weighted by Gasteiger charge is 2.02. The predicted molar refractivity (Wildman–Crippen MR) is 39.1 cm³/mol. The van der Waals surface area contributed by atoms with Crippen LogP contribution in [0.25, 0.3) is 0 Å². The number of nitrogen functional groups attached to an aromatic ring is 1. The first-order valence-electron chi connectivity index (χ1n) is 2.59. The zero-order valence-corrected chi connectivity index (χ0v) is 6.22. The average molecular weight is 154 g/mol. The van der Waals surface area contributed by atoms with Crippen molar-refractivity contribution in [3.8, 4) is 5.40 Å². The fourth-order valence-corrected chi connectivity index (χ4v) is 0.990. The smallest absolute Gasteiger partial charge is 0.138 e. The second-order valence-corrected chi connectivity index (χ2v) is 2.54. The van der Waals surface area contributed by atoms with Gasteiger partial charge in [0, 0.05) is 7.05 Å². The zero-order valence-electron chi connectivity index (χ0n) is 5.40. The van der Waals surface area contributed by atoms with E-state index in [0.29, 0.717) is 10.7 Å². The summed E-state index contributed by atoms with van der Waals surface area (Å²) >= 11 is 1.02. The summed E-state index contributed by atoms with van der Waals surface area (Å²) in [4.78, 5) is 0.713. The van der Waals surface area contributed by atoms with E-state index in [1.807, 2.05) is 5.40 Å². The predicted octanol–water partition coefficient (Wildman–Crippen LogP) is 0.575. The molecule has 0 bridgehead atoms. The summed E-state index contributed by atoms with van der Waals surface area (Å²) in [5, 5.41) is 14.0. The Balaban J connectivity index is 2.96. The van der Waals surface area contributed by atoms with E-state index in [2.05, 4.69) is 5.10 Å². The minimum absolute atomic E-state index is 0.534. The number of hydrogen-bond donors (Lipinski definition) is 1. The molecule has 2 N–H and O–H groups in total. The molecule has 0 radical (unpaired) electrons. The van der Waals surface area contributed by atoms with Gasteiger partial charge in [0.1, 0.15) is 11.2 Å². The molecule has 1 aromatic rings. The fourth-order valence-electron chi connectivity index (χ4n) is 0.555. The molecule has 1 aromatic heterocycles. The van der Waals surface area contributed by atoms with E-state index < -0.39 is 0 Å². The second kappa shape index (κ2) is 2.62. The van der Waals surface area contributed by atoms with Crippen LogP contribution in [-0.2, 0) is 7.05 Å². The van der Waals surface area contributed by atoms with Gasteiger partial charge in [-0.25, -0.2) is 0 Å². The molecule has 0 aromatic carbocycles. The lowest BCUT2D eigenvalue weighted by molar-refractivity contribution is 0.778. The summed E-state index contributed by atoms with van der Waals surface area (Å²) < 4.78 is 1.53. The molecular weight excluding hydrogens is 148 g/mol. The summed E-state index contributed by atoms with van der Waals surface area (Å²) in [6, 6.07) is 0. The van der Waals surface area contributed by atoms with E-state index in [-0.39, 0.29) is 0 Å². The van der Waals surface area contributed by atoms with Crippen molar-refractivity contribution >= 4 is 17.6 Å². The zero-order chi connectivity index (χ0) is 7.56. The molecule has 0 aliphatic rings. The van der Waals surface area contributed by atoms with Crippen molar-refractivity contribution < 1.29 is 0 Å². The van der Waals surface area contributed by atoms with E-state index in [1.54, 1.807) is 13.2 Å². The Morgan fingerprint density at radius 3 is 3.00 bits per heavy atom. The highest BCUT2D eigenvalue weighted by Crippen LogP contribution is 2.21. The van der Waals surface area contributed by atoms with Crippen LogP contribution in [0.2, 0.25) is 0 Å². The monoisotopic (exact) mass is 154 g/mol. The minimum atomic E-state index is 0.534. The summed E-state index contributed by atoms with van der Waals surface area (Å²) in [5.74, 6) is 0.534. The van der Waals surface area contributed by atoms with Gasteiger partial charge in [-0.1, -0.05) is 0 Å². The molecule has 52 valence electrons. The van der Waals surface area contributed by atoms with Crippen LogP contribution in [0.3, 0.4) is 0 Å². The number of thiocyanates is 1. The normalized spacial score (nSPS) is 9.20. The van der Waals surface area contributed by atoms with Crippen LogP contribution in [0.5, 0.6) is 0 Å². The molecule has 0 unspecified atom stereocenters. The highest BCUT2D eigenvalue weighted by atomic mass is 32.2. The van der Waals surface area contributed by atoms with Gasteiger partial charge in [0.15, 0.2) is 0 Å². The van der Waals surface area contributed by atoms with Crippen LogP contribution in [0, 0.1) is 10.7 Å². The van der Waals surface area contributed by atoms with Gasteiger partial charge in [0.2, 0.25) is 0 Å². The van der Waals surface area contributed by atoms with Gasteiger partial charge in [-0.2, -0.15) is 10.4 Å². The van der Waals surface area contributed by atoms with Crippen molar-refractivity contribution in [3.05, 3.63) is 6.20 Å². The number of thioether (sulfide) groups is 1. The summed E-state index contributed by atoms with van der Waals surface area (Å²) in [5.41, 5.74) is 5.52. The van der Waals surface area contributed by atoms with E-state index in [0.717, 1.165) is 11.8 Å². The third-order valence-electron chi connectivity index (χ3n) is 1.10. The van der Waals surface area contributed by atoms with Crippen molar-refractivity contribution in [2.75, 3.05) is 5.73 Å². The van der Waals surface area contributed by atoms with Crippen LogP contribution < -0.4 is 5.73 Å². The number of nitrogens with two attached hydrogens (primary N) is 1. The van der Waals surface area contributed by atoms with Gasteiger partial charge >= 0.3 is 0 Å². The quantitative estimate of drug-likeness (QED) is 0.474. The first-order chi connectivity index (χ1) is 4.75. The Hall–Kier alpha value is -1.15. The maximum Gasteiger partial charge on any atom is 0.138 e. The molecule has 10 heavy (non-hydrogen) atoms. The molecule has 1 heterocycles. The third-order valence-corrected chi connectivity index (χ3v) is 1.73. The van der Waals surface area contributed by atoms with Crippen molar-refractivity contribution in [1.82, 2.24) is 9.78 Å². The molecule has 0 amide bonds. The molecular formula is C5H6N4S. The lowest BCUT2D eigenvalue weighted by Crippen LogP contribution is -1.97. The van der Waals surface area contributed by atoms with Crippen LogP contribution in [0.1, 0.15) is 0 Å². The van der Waals surface area contributed by atoms with Gasteiger partial charge in [-0.05, 0) is 11.8 Å². The number of aromatic nitrogens is 2. The van der Waals surface area contributed by atoms with E-state index in [1.165, 1.54) is 4.68 Å². The number of nitriles is 1. The Morgan fingerprint density at radius 2 is 2.60 bits per heavy atom. The molecule has 0 saturated carbocycles. The topological polar surface area (TPSA) is 67.6 Å². The average Bonchev–Trinajstić information content (AvgIpc) is 2.20. The maximum atomic E-state index is 8.27. The molecule has 0 saturated heterocycles. The Morgan fingerprint density at radius 1 is 1.90 bits per heavy atom. The number of rotatable bonds is 1. The molecule has 0 fully saturated rings. The third kappa shape index (κ3) is 1.06. The number of aryl methyl sites for hydroxylation is 1. The molecule has 0 aliphatic heterocycles. The van der Waals surface area contributed by atoms with Gasteiger partial charge in [-0.15, -0.1) is 0 Å². The number of nitrogens with zero attached hydrogens (tertiary/aromatic N) is 3. The standard InChI is InChI=1S/C5H6N4S/c1-9-5(7)4(2-8-9)10-3-6/h2H,7H2,1H3. The van der Waals surface area contributed by atoms with Crippen LogP contribution in [0.4, 0.5) is 5.82 Å². The Labute approximate surface area is 62.6 Å². The van der Waals surface area contributed by atoms with Crippen LogP contribution in [-0.4, -0.2) is 9.78 Å². The van der Waals surface area contributed by atoms with Gasteiger partial charge < -0.3 is 5.73 Å². The van der Waals surface area contributed by atoms with E-state index >= 15 is 0 Å². The maximum absolute atomic E-state index is 8.27. The Kier molecular flexibility index (Phi) is 1.83. The van der Waals surface area contributed by atoms with Gasteiger partial charge in [-0.3, -0.25) is 4.68 Å². The molecule has 5 heteroatoms. The minimum Gasteiger partial charge on any atom is -0.383 e. The van der Waals surface area contributed by atoms with E-state index in [9.17, 15) is 0 Å². The van der Waals surface area contributed by atoms with Crippen LogP contribution in [0.15, 0.2) is 11.1 Å². The molecule has 0 spiro atoms. The summed E-state index contributed by atoms with van der Waals surface area (Å²) in [6.07, 6.45) is 1.57. The number of hydrogen-bond acceptors (Lipinski definition) is 4. The van der Waals surface area contributed by atoms with Crippen molar-refractivity contribution in [2.45, 2.75) is 4.90 Å². The van der Waals surface area contributed by atoms with Gasteiger partial charge in [0.25, 0.3) is 0 Å². The van der Waals surface area contributed by atoms with Crippen molar-refractivity contribution in [3.63, 3.8) is 0 Å². The first kappa shape index (κ1) is 6.96. The number of anilines is 1. The SMILES string of the molecule is Cn1ncc(SC#N)c1N. The Bertz CT molecular complexity index is 272. The first-order valence-corrected chi connectivity index (χ1v) is 3.40. The fraction of sp³-hybridized carbons (Fsp3) is 0.200. The molecule has 1 rings (SSSR count). The molecule has 0 aliphatic carbocycles. The van der Waals surface area contributed by atoms with Gasteiger partial charge in [0.05, 0.1) is 11.1 Å². The highest BCUT2D eigenvalue weighted by molar-refractivity contribution is 8.03. The van der Waals surface area contributed by atoms with E-state index in [4.69, 9.17) is 11.0 Å². The van der Waals surface area contributed by atoms with Crippen molar-refractivity contribution in [1.29, 1.82) is 5.26 Å². The summed E-state index contributed by atoms with van der Waals surface area (Å²) in [6.45, 7) is 0. The van der Waals surface area contributed by atoms with Crippen molar-refractivity contribution in [2.24, 2.45) is 7.05 Å². The molecule has 0 atom stereocenters. The lowest BCUT2D eigenvalue weighted by atomic mass is 10.6. The van der Waals surface area contributed by atoms with Crippen LogP contribution >= 0.6 is 11.8 Å². The second-order valence-electron chi connectivity index (χ2n) is 1.71. The summed E-state index contributed by atoms with van der Waals surface area (Å²) in [7, 11) is 1.73. The molecule has 4 nitrogen and oxygen atoms in total. The largest absolute Gasteiger partial charge is 0.383 e.